The van der Waals surface area contributed by atoms with E-state index in [1.54, 1.807) is 26.0 Å². The Kier molecular flexibility index (Phi) is 8.93. The summed E-state index contributed by atoms with van der Waals surface area (Å²) in [5, 5.41) is 0. The minimum atomic E-state index is -3.26. The van der Waals surface area contributed by atoms with Crippen molar-refractivity contribution in [3.8, 4) is 5.75 Å². The van der Waals surface area contributed by atoms with Gasteiger partial charge in [-0.3, -0.25) is 0 Å². The summed E-state index contributed by atoms with van der Waals surface area (Å²) in [5.74, 6) is -12.9. The first-order valence-electron chi connectivity index (χ1n) is 14.0. The van der Waals surface area contributed by atoms with Crippen molar-refractivity contribution < 1.29 is 44.3 Å². The molecule has 234 valence electrons. The van der Waals surface area contributed by atoms with E-state index in [1.807, 2.05) is 6.92 Å². The van der Waals surface area contributed by atoms with Gasteiger partial charge in [0.15, 0.2) is 23.2 Å². The maximum absolute atomic E-state index is 13.5. The topological polar surface area (TPSA) is 9.23 Å². The van der Waals surface area contributed by atoms with E-state index in [0.717, 1.165) is 18.4 Å². The van der Waals surface area contributed by atoms with Crippen LogP contribution in [0, 0.1) is 61.7 Å². The molecule has 0 spiro atoms. The van der Waals surface area contributed by atoms with E-state index in [1.165, 1.54) is 32.9 Å². The van der Waals surface area contributed by atoms with Gasteiger partial charge in [-0.25, -0.2) is 35.1 Å². The Bertz CT molecular complexity index is 1550. The Morgan fingerprint density at radius 1 is 0.628 bits per heavy atom. The van der Waals surface area contributed by atoms with Crippen LogP contribution in [0.4, 0.5) is 39.5 Å². The number of fused-ring (bicyclic) bond motifs is 3. The van der Waals surface area contributed by atoms with E-state index in [-0.39, 0.29) is 35.8 Å². The van der Waals surface area contributed by atoms with Gasteiger partial charge < -0.3 is 4.74 Å². The van der Waals surface area contributed by atoms with E-state index < -0.39 is 63.9 Å². The number of hydrogen-bond donors (Lipinski definition) is 0. The van der Waals surface area contributed by atoms with Crippen molar-refractivity contribution in [3.63, 3.8) is 0 Å². The summed E-state index contributed by atoms with van der Waals surface area (Å²) in [6, 6.07) is 5.80. The minimum Gasteiger partial charge on any atom is -0.487 e. The van der Waals surface area contributed by atoms with E-state index in [9.17, 15) is 39.5 Å². The highest BCUT2D eigenvalue weighted by atomic mass is 19.3. The zero-order valence-corrected chi connectivity index (χ0v) is 24.7. The van der Waals surface area contributed by atoms with Gasteiger partial charge in [0.2, 0.25) is 5.82 Å². The Morgan fingerprint density at radius 2 is 1.12 bits per heavy atom. The summed E-state index contributed by atoms with van der Waals surface area (Å²) >= 11 is 0. The maximum atomic E-state index is 13.5. The number of halogens is 9. The summed E-state index contributed by atoms with van der Waals surface area (Å²) in [7, 11) is 0. The molecule has 1 heterocycles. The molecule has 3 unspecified atom stereocenters. The Hall–Kier alpha value is -3.17. The summed E-state index contributed by atoms with van der Waals surface area (Å²) in [5.41, 5.74) is 1.44. The quantitative estimate of drug-likeness (QED) is 0.229. The average molecular weight is 617 g/mol. The van der Waals surface area contributed by atoms with Crippen molar-refractivity contribution >= 4 is 0 Å². The first-order valence-corrected chi connectivity index (χ1v) is 14.0. The molecule has 0 saturated heterocycles. The standard InChI is InChI=1S/C11H10F4.C11H11F3.C11H12F2O/c1-5-3-7-4-6(2)11(14,15)8(7)10(13)9(5)12;1-6-3-8-5-7(2)11(13,14)10(8)9(12)4-6;1-6-5-8-4-3-7(2)14-11(8)10(13)9(6)12/h3,6H,4H2,1-2H3;3-4,7H,5H2,1-2H3;5,7H,3-4H2,1-2H3. The molecule has 3 aliphatic rings. The van der Waals surface area contributed by atoms with Crippen LogP contribution in [-0.2, 0) is 31.1 Å². The molecule has 43 heavy (non-hydrogen) atoms. The van der Waals surface area contributed by atoms with Crippen LogP contribution in [0.1, 0.15) is 71.7 Å². The predicted octanol–water partition coefficient (Wildman–Crippen LogP) is 9.96. The van der Waals surface area contributed by atoms with Gasteiger partial charge in [0.05, 0.1) is 17.2 Å². The molecule has 0 fully saturated rings. The molecule has 0 N–H and O–H groups in total. The number of rotatable bonds is 0. The molecule has 10 heteroatoms. The second-order valence-corrected chi connectivity index (χ2v) is 11.9. The molecule has 0 aromatic heterocycles. The predicted molar refractivity (Wildman–Crippen MR) is 145 cm³/mol. The first-order chi connectivity index (χ1) is 19.9. The van der Waals surface area contributed by atoms with Gasteiger partial charge in [0, 0.05) is 11.8 Å². The van der Waals surface area contributed by atoms with Crippen molar-refractivity contribution in [1.29, 1.82) is 0 Å². The Balaban J connectivity index is 0.000000148. The number of aryl methyl sites for hydroxylation is 4. The molecule has 0 saturated carbocycles. The Labute approximate surface area is 245 Å². The number of hydrogen-bond acceptors (Lipinski definition) is 1. The highest BCUT2D eigenvalue weighted by Crippen LogP contribution is 2.48. The van der Waals surface area contributed by atoms with Gasteiger partial charge in [-0.2, -0.15) is 4.39 Å². The molecule has 2 aliphatic carbocycles. The lowest BCUT2D eigenvalue weighted by Gasteiger charge is -2.24. The summed E-state index contributed by atoms with van der Waals surface area (Å²) in [4.78, 5) is 0. The molecule has 3 aromatic carbocycles. The molecular weight excluding hydrogens is 583 g/mol. The van der Waals surface area contributed by atoms with E-state index >= 15 is 0 Å². The van der Waals surface area contributed by atoms with Crippen LogP contribution in [-0.4, -0.2) is 6.10 Å². The number of benzene rings is 3. The van der Waals surface area contributed by atoms with Crippen LogP contribution in [0.15, 0.2) is 24.3 Å². The van der Waals surface area contributed by atoms with Gasteiger partial charge in [-0.15, -0.1) is 0 Å². The van der Waals surface area contributed by atoms with E-state index in [4.69, 9.17) is 4.74 Å². The van der Waals surface area contributed by atoms with Crippen molar-refractivity contribution in [2.75, 3.05) is 0 Å². The second kappa shape index (κ2) is 11.7. The molecule has 0 bridgehead atoms. The van der Waals surface area contributed by atoms with Crippen LogP contribution in [0.5, 0.6) is 5.75 Å². The molecular formula is C33H33F9O. The highest BCUT2D eigenvalue weighted by molar-refractivity contribution is 5.43. The SMILES string of the molecule is Cc1cc(F)c2c(c1)CC(C)C2(F)F.Cc1cc2c(c(F)c1F)C(F)(F)C(C)C2.Cc1cc2c(c(F)c1F)OC(C)CC2. The lowest BCUT2D eigenvalue weighted by molar-refractivity contribution is -0.0484. The number of ether oxygens (including phenoxy) is 1. The van der Waals surface area contributed by atoms with Crippen molar-refractivity contribution in [3.05, 3.63) is 97.9 Å². The fraction of sp³-hybridized carbons (Fsp3) is 0.455. The van der Waals surface area contributed by atoms with E-state index in [2.05, 4.69) is 0 Å². The zero-order chi connectivity index (χ0) is 32.2. The van der Waals surface area contributed by atoms with Crippen molar-refractivity contribution in [1.82, 2.24) is 0 Å². The first kappa shape index (κ1) is 32.7. The molecule has 3 aromatic rings. The lowest BCUT2D eigenvalue weighted by atomic mass is 10.0. The molecule has 3 atom stereocenters. The van der Waals surface area contributed by atoms with Gasteiger partial charge in [-0.1, -0.05) is 26.0 Å². The molecule has 1 aliphatic heterocycles. The maximum Gasteiger partial charge on any atom is 0.279 e. The largest absolute Gasteiger partial charge is 0.487 e. The third kappa shape index (κ3) is 5.98. The van der Waals surface area contributed by atoms with Crippen LogP contribution in [0.25, 0.3) is 0 Å². The average Bonchev–Trinajstić information content (AvgIpc) is 3.28. The monoisotopic (exact) mass is 616 g/mol. The smallest absolute Gasteiger partial charge is 0.279 e. The highest BCUT2D eigenvalue weighted by Gasteiger charge is 2.49. The molecule has 1 nitrogen and oxygen atoms in total. The van der Waals surface area contributed by atoms with Gasteiger partial charge in [0.1, 0.15) is 5.82 Å². The summed E-state index contributed by atoms with van der Waals surface area (Å²) < 4.78 is 126. The van der Waals surface area contributed by atoms with Crippen LogP contribution < -0.4 is 4.74 Å². The molecule has 0 amide bonds. The van der Waals surface area contributed by atoms with Gasteiger partial charge in [0.25, 0.3) is 11.8 Å². The molecule has 0 radical (unpaired) electrons. The van der Waals surface area contributed by atoms with E-state index in [0.29, 0.717) is 16.7 Å². The van der Waals surface area contributed by atoms with Crippen molar-refractivity contribution in [2.24, 2.45) is 11.8 Å². The van der Waals surface area contributed by atoms with Crippen molar-refractivity contribution in [2.45, 2.75) is 85.2 Å². The third-order valence-electron chi connectivity index (χ3n) is 8.30. The minimum absolute atomic E-state index is 0.0286. The fourth-order valence-electron chi connectivity index (χ4n) is 5.84. The van der Waals surface area contributed by atoms with Crippen LogP contribution in [0.3, 0.4) is 0 Å². The second-order valence-electron chi connectivity index (χ2n) is 11.9. The summed E-state index contributed by atoms with van der Waals surface area (Å²) in [6.45, 7) is 9.31. The fourth-order valence-corrected chi connectivity index (χ4v) is 5.84. The Morgan fingerprint density at radius 3 is 1.70 bits per heavy atom. The number of alkyl halides is 4. The third-order valence-corrected chi connectivity index (χ3v) is 8.30. The van der Waals surface area contributed by atoms with Crippen LogP contribution >= 0.6 is 0 Å². The summed E-state index contributed by atoms with van der Waals surface area (Å²) in [6.07, 6.45) is 1.95. The zero-order valence-electron chi connectivity index (χ0n) is 24.7. The van der Waals surface area contributed by atoms with Gasteiger partial charge >= 0.3 is 0 Å². The molecule has 6 rings (SSSR count). The van der Waals surface area contributed by atoms with Crippen LogP contribution in [0.2, 0.25) is 0 Å². The van der Waals surface area contributed by atoms with Gasteiger partial charge in [-0.05, 0) is 98.9 Å². The lowest BCUT2D eigenvalue weighted by Crippen LogP contribution is -2.20. The normalized spacial score (nSPS) is 22.3.